The lowest BCUT2D eigenvalue weighted by atomic mass is 10.1. The molecule has 3 nitrogen and oxygen atoms in total. The fourth-order valence-corrected chi connectivity index (χ4v) is 3.92. The first kappa shape index (κ1) is 12.2. The molecule has 0 radical (unpaired) electrons. The highest BCUT2D eigenvalue weighted by Crippen LogP contribution is 2.29. The van der Waals surface area contributed by atoms with Gasteiger partial charge in [-0.15, -0.1) is 11.3 Å². The van der Waals surface area contributed by atoms with Gasteiger partial charge in [-0.25, -0.2) is 0 Å². The molecule has 0 bridgehead atoms. The Balaban J connectivity index is 1.77. The second-order valence-corrected chi connectivity index (χ2v) is 6.16. The van der Waals surface area contributed by atoms with Crippen molar-refractivity contribution >= 4 is 17.2 Å². The number of carbonyl (C=O) groups is 1. The Labute approximate surface area is 112 Å². The average molecular weight is 265 g/mol. The van der Waals surface area contributed by atoms with Gasteiger partial charge in [-0.3, -0.25) is 4.79 Å². The van der Waals surface area contributed by atoms with Crippen LogP contribution in [0.3, 0.4) is 0 Å². The third-order valence-corrected chi connectivity index (χ3v) is 4.98. The maximum absolute atomic E-state index is 12.4. The number of ether oxygens (including phenoxy) is 1. The maximum Gasteiger partial charge on any atom is 0.264 e. The van der Waals surface area contributed by atoms with Crippen LogP contribution in [0.1, 0.15) is 39.4 Å². The molecule has 1 aliphatic heterocycles. The van der Waals surface area contributed by atoms with Crippen LogP contribution in [0, 0.1) is 0 Å². The molecule has 98 valence electrons. The molecule has 0 spiro atoms. The third-order valence-electron chi connectivity index (χ3n) is 3.76. The van der Waals surface area contributed by atoms with Crippen LogP contribution in [0.15, 0.2) is 6.07 Å². The zero-order valence-electron chi connectivity index (χ0n) is 10.6. The minimum absolute atomic E-state index is 0.205. The first-order valence-electron chi connectivity index (χ1n) is 6.83. The number of amides is 1. The molecule has 0 saturated carbocycles. The molecule has 1 fully saturated rings. The lowest BCUT2D eigenvalue weighted by molar-refractivity contribution is 0.0306. The zero-order chi connectivity index (χ0) is 12.4. The standard InChI is InChI=1S/C14H19NO2S/c16-14(15-6-8-17-9-7-15)13-10-11-4-2-1-3-5-12(11)18-13/h10H,1-9H2. The molecule has 0 aromatic carbocycles. The third kappa shape index (κ3) is 2.45. The number of rotatable bonds is 1. The Morgan fingerprint density at radius 1 is 1.17 bits per heavy atom. The van der Waals surface area contributed by atoms with Crippen molar-refractivity contribution in [3.05, 3.63) is 21.4 Å². The van der Waals surface area contributed by atoms with Crippen LogP contribution in [0.5, 0.6) is 0 Å². The minimum Gasteiger partial charge on any atom is -0.378 e. The quantitative estimate of drug-likeness (QED) is 0.730. The number of nitrogens with zero attached hydrogens (tertiary/aromatic N) is 1. The topological polar surface area (TPSA) is 29.5 Å². The summed E-state index contributed by atoms with van der Waals surface area (Å²) in [6.45, 7) is 2.83. The summed E-state index contributed by atoms with van der Waals surface area (Å²) in [5.74, 6) is 0.205. The summed E-state index contributed by atoms with van der Waals surface area (Å²) >= 11 is 1.72. The van der Waals surface area contributed by atoms with Crippen LogP contribution in [-0.4, -0.2) is 37.1 Å². The monoisotopic (exact) mass is 265 g/mol. The van der Waals surface area contributed by atoms with Crippen molar-refractivity contribution < 1.29 is 9.53 Å². The number of carbonyl (C=O) groups excluding carboxylic acids is 1. The van der Waals surface area contributed by atoms with Gasteiger partial charge in [-0.05, 0) is 37.3 Å². The van der Waals surface area contributed by atoms with E-state index in [4.69, 9.17) is 4.74 Å². The molecule has 0 N–H and O–H groups in total. The summed E-state index contributed by atoms with van der Waals surface area (Å²) in [6, 6.07) is 2.14. The fourth-order valence-electron chi connectivity index (χ4n) is 2.70. The van der Waals surface area contributed by atoms with E-state index in [0.29, 0.717) is 13.2 Å². The van der Waals surface area contributed by atoms with Gasteiger partial charge in [-0.1, -0.05) is 6.42 Å². The van der Waals surface area contributed by atoms with E-state index in [0.717, 1.165) is 30.8 Å². The molecule has 0 unspecified atom stereocenters. The number of fused-ring (bicyclic) bond motifs is 1. The van der Waals surface area contributed by atoms with Gasteiger partial charge < -0.3 is 9.64 Å². The maximum atomic E-state index is 12.4. The van der Waals surface area contributed by atoms with Crippen LogP contribution in [0.25, 0.3) is 0 Å². The lowest BCUT2D eigenvalue weighted by Crippen LogP contribution is -2.40. The number of hydrogen-bond donors (Lipinski definition) is 0. The number of morpholine rings is 1. The summed E-state index contributed by atoms with van der Waals surface area (Å²) in [5, 5.41) is 0. The van der Waals surface area contributed by atoms with Gasteiger partial charge in [0.1, 0.15) is 0 Å². The van der Waals surface area contributed by atoms with Crippen LogP contribution in [0.4, 0.5) is 0 Å². The van der Waals surface area contributed by atoms with E-state index in [9.17, 15) is 4.79 Å². The SMILES string of the molecule is O=C(c1cc2c(s1)CCCCC2)N1CCOCC1. The Hall–Kier alpha value is -0.870. The predicted molar refractivity (Wildman–Crippen MR) is 72.3 cm³/mol. The Morgan fingerprint density at radius 3 is 2.78 bits per heavy atom. The summed E-state index contributed by atoms with van der Waals surface area (Å²) in [4.78, 5) is 16.7. The summed E-state index contributed by atoms with van der Waals surface area (Å²) in [6.07, 6.45) is 6.19. The molecule has 1 aromatic rings. The Bertz CT molecular complexity index is 412. The highest BCUT2D eigenvalue weighted by atomic mass is 32.1. The summed E-state index contributed by atoms with van der Waals surface area (Å²) in [7, 11) is 0. The van der Waals surface area contributed by atoms with Gasteiger partial charge >= 0.3 is 0 Å². The van der Waals surface area contributed by atoms with Crippen molar-refractivity contribution in [2.75, 3.05) is 26.3 Å². The van der Waals surface area contributed by atoms with Gasteiger partial charge in [-0.2, -0.15) is 0 Å². The molecule has 18 heavy (non-hydrogen) atoms. The van der Waals surface area contributed by atoms with Crippen molar-refractivity contribution in [2.24, 2.45) is 0 Å². The van der Waals surface area contributed by atoms with Crippen molar-refractivity contribution in [2.45, 2.75) is 32.1 Å². The number of aryl methyl sites for hydroxylation is 2. The van der Waals surface area contributed by atoms with Crippen LogP contribution in [0.2, 0.25) is 0 Å². The van der Waals surface area contributed by atoms with E-state index in [2.05, 4.69) is 6.07 Å². The molecular formula is C14H19NO2S. The highest BCUT2D eigenvalue weighted by Gasteiger charge is 2.22. The average Bonchev–Trinajstić information content (AvgIpc) is 2.70. The second-order valence-electron chi connectivity index (χ2n) is 5.02. The van der Waals surface area contributed by atoms with E-state index in [-0.39, 0.29) is 5.91 Å². The molecular weight excluding hydrogens is 246 g/mol. The van der Waals surface area contributed by atoms with E-state index < -0.39 is 0 Å². The molecule has 3 rings (SSSR count). The van der Waals surface area contributed by atoms with Crippen LogP contribution >= 0.6 is 11.3 Å². The lowest BCUT2D eigenvalue weighted by Gasteiger charge is -2.26. The molecule has 1 aliphatic carbocycles. The fraction of sp³-hybridized carbons (Fsp3) is 0.643. The van der Waals surface area contributed by atoms with Crippen LogP contribution < -0.4 is 0 Å². The first-order valence-corrected chi connectivity index (χ1v) is 7.65. The Morgan fingerprint density at radius 2 is 1.94 bits per heavy atom. The van der Waals surface area contributed by atoms with Crippen molar-refractivity contribution in [3.8, 4) is 0 Å². The van der Waals surface area contributed by atoms with E-state index in [1.54, 1.807) is 11.3 Å². The number of thiophene rings is 1. The zero-order valence-corrected chi connectivity index (χ0v) is 11.4. The van der Waals surface area contributed by atoms with Crippen molar-refractivity contribution in [1.29, 1.82) is 0 Å². The molecule has 0 atom stereocenters. The van der Waals surface area contributed by atoms with Gasteiger partial charge in [0.15, 0.2) is 0 Å². The normalized spacial score (nSPS) is 20.3. The molecule has 2 aliphatic rings. The molecule has 4 heteroatoms. The summed E-state index contributed by atoms with van der Waals surface area (Å²) in [5.41, 5.74) is 1.43. The van der Waals surface area contributed by atoms with Gasteiger partial charge in [0.05, 0.1) is 18.1 Å². The molecule has 1 aromatic heterocycles. The molecule has 1 amide bonds. The van der Waals surface area contributed by atoms with Gasteiger partial charge in [0.2, 0.25) is 0 Å². The summed E-state index contributed by atoms with van der Waals surface area (Å²) < 4.78 is 5.29. The van der Waals surface area contributed by atoms with E-state index >= 15 is 0 Å². The minimum atomic E-state index is 0.205. The highest BCUT2D eigenvalue weighted by molar-refractivity contribution is 7.14. The van der Waals surface area contributed by atoms with Gasteiger partial charge in [0, 0.05) is 18.0 Å². The van der Waals surface area contributed by atoms with Crippen LogP contribution in [-0.2, 0) is 17.6 Å². The second kappa shape index (κ2) is 5.41. The molecule has 1 saturated heterocycles. The first-order chi connectivity index (χ1) is 8.84. The number of hydrogen-bond acceptors (Lipinski definition) is 3. The van der Waals surface area contributed by atoms with Crippen molar-refractivity contribution in [1.82, 2.24) is 4.90 Å². The van der Waals surface area contributed by atoms with Gasteiger partial charge in [0.25, 0.3) is 5.91 Å². The predicted octanol–water partition coefficient (Wildman–Crippen LogP) is 2.49. The van der Waals surface area contributed by atoms with E-state index in [1.807, 2.05) is 4.90 Å². The molecule has 2 heterocycles. The Kier molecular flexibility index (Phi) is 3.66. The smallest absolute Gasteiger partial charge is 0.264 e. The van der Waals surface area contributed by atoms with E-state index in [1.165, 1.54) is 29.7 Å². The van der Waals surface area contributed by atoms with Crippen molar-refractivity contribution in [3.63, 3.8) is 0 Å². The largest absolute Gasteiger partial charge is 0.378 e.